The number of amides is 2. The Bertz CT molecular complexity index is 919. The number of hydrogen-bond donors (Lipinski definition) is 2. The summed E-state index contributed by atoms with van der Waals surface area (Å²) in [7, 11) is 5.04. The van der Waals surface area contributed by atoms with E-state index in [1.807, 2.05) is 36.2 Å². The molecule has 9 heteroatoms. The molecule has 1 saturated heterocycles. The molecule has 9 nitrogen and oxygen atoms in total. The fraction of sp³-hybridized carbons (Fsp3) is 0.409. The van der Waals surface area contributed by atoms with Gasteiger partial charge in [0.25, 0.3) is 5.91 Å². The van der Waals surface area contributed by atoms with Crippen molar-refractivity contribution in [2.45, 2.75) is 18.9 Å². The van der Waals surface area contributed by atoms with Crippen LogP contribution in [0.15, 0.2) is 36.5 Å². The van der Waals surface area contributed by atoms with E-state index in [9.17, 15) is 9.59 Å². The maximum absolute atomic E-state index is 12.3. The van der Waals surface area contributed by atoms with Gasteiger partial charge in [0.15, 0.2) is 0 Å². The van der Waals surface area contributed by atoms with E-state index in [0.717, 1.165) is 24.3 Å². The number of nitrogens with zero attached hydrogens (tertiary/aromatic N) is 3. The number of likely N-dealkylation sites (N-methyl/N-ethyl adjacent to an activating group) is 1. The number of nitrogens with one attached hydrogen (secondary N) is 1. The summed E-state index contributed by atoms with van der Waals surface area (Å²) in [5.41, 5.74) is 7.45. The number of primary amides is 1. The molecule has 0 unspecified atom stereocenters. The topological polar surface area (TPSA) is 110 Å². The highest BCUT2D eigenvalue weighted by Gasteiger charge is 2.28. The monoisotopic (exact) mass is 427 g/mol. The average Bonchev–Trinajstić information content (AvgIpc) is 2.79. The van der Waals surface area contributed by atoms with E-state index >= 15 is 0 Å². The second kappa shape index (κ2) is 10.1. The summed E-state index contributed by atoms with van der Waals surface area (Å²) < 4.78 is 10.2. The second-order valence-corrected chi connectivity index (χ2v) is 7.48. The fourth-order valence-electron chi connectivity index (χ4n) is 3.73. The van der Waals surface area contributed by atoms with Crippen LogP contribution in [0, 0.1) is 0 Å². The lowest BCUT2D eigenvalue weighted by molar-refractivity contribution is -0.136. The lowest BCUT2D eigenvalue weighted by Gasteiger charge is -2.39. The predicted molar refractivity (Wildman–Crippen MR) is 119 cm³/mol. The number of piperidine rings is 1. The van der Waals surface area contributed by atoms with Gasteiger partial charge in [-0.05, 0) is 37.1 Å². The Morgan fingerprint density at radius 1 is 1.29 bits per heavy atom. The maximum Gasteiger partial charge on any atom is 0.252 e. The lowest BCUT2D eigenvalue weighted by atomic mass is 10.0. The largest absolute Gasteiger partial charge is 0.497 e. The number of anilines is 3. The van der Waals surface area contributed by atoms with Gasteiger partial charge in [0.05, 0.1) is 18.4 Å². The smallest absolute Gasteiger partial charge is 0.252 e. The maximum atomic E-state index is 12.3. The van der Waals surface area contributed by atoms with Gasteiger partial charge in [-0.2, -0.15) is 0 Å². The van der Waals surface area contributed by atoms with Crippen LogP contribution in [0.2, 0.25) is 0 Å². The van der Waals surface area contributed by atoms with Gasteiger partial charge in [-0.1, -0.05) is 0 Å². The average molecular weight is 428 g/mol. The van der Waals surface area contributed by atoms with E-state index in [2.05, 4.69) is 10.3 Å². The molecule has 2 amide bonds. The molecule has 1 aromatic heterocycles. The van der Waals surface area contributed by atoms with Crippen molar-refractivity contribution in [3.05, 3.63) is 42.1 Å². The summed E-state index contributed by atoms with van der Waals surface area (Å²) in [6.45, 7) is 1.32. The third kappa shape index (κ3) is 5.43. The van der Waals surface area contributed by atoms with Crippen molar-refractivity contribution in [3.63, 3.8) is 0 Å². The van der Waals surface area contributed by atoms with Gasteiger partial charge in [-0.25, -0.2) is 4.98 Å². The van der Waals surface area contributed by atoms with Crippen LogP contribution in [0.1, 0.15) is 23.2 Å². The highest BCUT2D eigenvalue weighted by Crippen LogP contribution is 2.28. The van der Waals surface area contributed by atoms with Crippen LogP contribution < -0.4 is 20.7 Å². The molecule has 2 heterocycles. The van der Waals surface area contributed by atoms with E-state index in [4.69, 9.17) is 15.2 Å². The highest BCUT2D eigenvalue weighted by atomic mass is 16.5. The molecule has 1 fully saturated rings. The van der Waals surface area contributed by atoms with Crippen molar-refractivity contribution in [1.82, 2.24) is 9.88 Å². The fourth-order valence-corrected chi connectivity index (χ4v) is 3.73. The van der Waals surface area contributed by atoms with Crippen molar-refractivity contribution in [2.75, 3.05) is 51.2 Å². The minimum atomic E-state index is -0.548. The van der Waals surface area contributed by atoms with E-state index in [1.54, 1.807) is 18.1 Å². The van der Waals surface area contributed by atoms with E-state index < -0.39 is 5.91 Å². The standard InChI is InChI=1S/C22H29N5O4/c1-26(16-5-4-10-27(13-16)21(28)14-30-2)19-11-20(24-12-18(19)22(23)29)25-15-6-8-17(31-3)9-7-15/h6-9,11-12,16H,4-5,10,13-14H2,1-3H3,(H2,23,29)(H,24,25)/t16-/m1/s1. The van der Waals surface area contributed by atoms with Gasteiger partial charge in [-0.3, -0.25) is 9.59 Å². The van der Waals surface area contributed by atoms with Gasteiger partial charge >= 0.3 is 0 Å². The van der Waals surface area contributed by atoms with Crippen molar-refractivity contribution in [3.8, 4) is 5.75 Å². The molecule has 1 aromatic carbocycles. The first kappa shape index (κ1) is 22.4. The van der Waals surface area contributed by atoms with Crippen LogP contribution in [-0.4, -0.2) is 68.7 Å². The molecule has 0 spiro atoms. The van der Waals surface area contributed by atoms with Crippen molar-refractivity contribution in [1.29, 1.82) is 0 Å². The second-order valence-electron chi connectivity index (χ2n) is 7.48. The summed E-state index contributed by atoms with van der Waals surface area (Å²) in [6.07, 6.45) is 3.25. The van der Waals surface area contributed by atoms with Crippen LogP contribution in [0.3, 0.4) is 0 Å². The number of benzene rings is 1. The molecule has 1 aliphatic rings. The number of likely N-dealkylation sites (tertiary alicyclic amines) is 1. The number of methoxy groups -OCH3 is 2. The molecule has 0 bridgehead atoms. The number of hydrogen-bond acceptors (Lipinski definition) is 7. The molecule has 0 saturated carbocycles. The molecular weight excluding hydrogens is 398 g/mol. The Kier molecular flexibility index (Phi) is 7.30. The molecule has 0 aliphatic carbocycles. The number of carbonyl (C=O) groups excluding carboxylic acids is 2. The molecule has 3 rings (SSSR count). The minimum Gasteiger partial charge on any atom is -0.497 e. The van der Waals surface area contributed by atoms with E-state index in [0.29, 0.717) is 30.2 Å². The van der Waals surface area contributed by atoms with Crippen LogP contribution in [0.4, 0.5) is 17.2 Å². The molecule has 2 aromatic rings. The molecule has 0 radical (unpaired) electrons. The Labute approximate surface area is 182 Å². The number of nitrogens with two attached hydrogens (primary N) is 1. The first-order chi connectivity index (χ1) is 14.9. The third-order valence-corrected chi connectivity index (χ3v) is 5.45. The third-order valence-electron chi connectivity index (χ3n) is 5.45. The van der Waals surface area contributed by atoms with Crippen LogP contribution in [-0.2, 0) is 9.53 Å². The molecule has 1 atom stereocenters. The van der Waals surface area contributed by atoms with Gasteiger partial charge < -0.3 is 30.3 Å². The molecule has 3 N–H and O–H groups in total. The molecule has 31 heavy (non-hydrogen) atoms. The first-order valence-electron chi connectivity index (χ1n) is 10.1. The predicted octanol–water partition coefficient (Wildman–Crippen LogP) is 2.01. The van der Waals surface area contributed by atoms with E-state index in [-0.39, 0.29) is 18.6 Å². The zero-order valence-corrected chi connectivity index (χ0v) is 18.1. The van der Waals surface area contributed by atoms with Gasteiger partial charge in [0.2, 0.25) is 5.91 Å². The zero-order chi connectivity index (χ0) is 22.4. The normalized spacial score (nSPS) is 16.0. The Morgan fingerprint density at radius 2 is 2.03 bits per heavy atom. The molecular formula is C22H29N5O4. The minimum absolute atomic E-state index is 0.0349. The summed E-state index contributed by atoms with van der Waals surface area (Å²) in [6, 6.07) is 9.31. The highest BCUT2D eigenvalue weighted by molar-refractivity contribution is 5.99. The van der Waals surface area contributed by atoms with Gasteiger partial charge in [-0.15, -0.1) is 0 Å². The number of rotatable bonds is 8. The number of aromatic nitrogens is 1. The van der Waals surface area contributed by atoms with Crippen LogP contribution in [0.5, 0.6) is 5.75 Å². The number of carbonyl (C=O) groups is 2. The number of ether oxygens (including phenoxy) is 2. The molecule has 1 aliphatic heterocycles. The summed E-state index contributed by atoms with van der Waals surface area (Å²) >= 11 is 0. The van der Waals surface area contributed by atoms with Crippen LogP contribution >= 0.6 is 0 Å². The summed E-state index contributed by atoms with van der Waals surface area (Å²) in [4.78, 5) is 32.5. The van der Waals surface area contributed by atoms with Crippen LogP contribution in [0.25, 0.3) is 0 Å². The summed E-state index contributed by atoms with van der Waals surface area (Å²) in [5.74, 6) is 0.758. The van der Waals surface area contributed by atoms with Gasteiger partial charge in [0, 0.05) is 51.2 Å². The lowest BCUT2D eigenvalue weighted by Crippen LogP contribution is -2.50. The Morgan fingerprint density at radius 3 is 2.68 bits per heavy atom. The Balaban J connectivity index is 1.82. The zero-order valence-electron chi connectivity index (χ0n) is 18.1. The summed E-state index contributed by atoms with van der Waals surface area (Å²) in [5, 5.41) is 3.24. The SMILES string of the molecule is COCC(=O)N1CCC[C@@H](N(C)c2cc(Nc3ccc(OC)cc3)ncc2C(N)=O)C1. The van der Waals surface area contributed by atoms with E-state index in [1.165, 1.54) is 13.3 Å². The first-order valence-corrected chi connectivity index (χ1v) is 10.1. The Hall–Kier alpha value is -3.33. The van der Waals surface area contributed by atoms with Gasteiger partial charge in [0.1, 0.15) is 18.2 Å². The number of pyridine rings is 1. The van der Waals surface area contributed by atoms with Crippen molar-refractivity contribution in [2.24, 2.45) is 5.73 Å². The van der Waals surface area contributed by atoms with Crippen molar-refractivity contribution >= 4 is 29.0 Å². The molecule has 166 valence electrons. The van der Waals surface area contributed by atoms with Crippen molar-refractivity contribution < 1.29 is 19.1 Å². The quantitative estimate of drug-likeness (QED) is 0.663.